The largest absolute Gasteiger partial charge is 0.309 e. The highest BCUT2D eigenvalue weighted by Crippen LogP contribution is 2.39. The molecule has 0 N–H and O–H groups in total. The lowest BCUT2D eigenvalue weighted by atomic mass is 10.0. The average molecular weight is 671 g/mol. The van der Waals surface area contributed by atoms with E-state index in [1.54, 1.807) is 59.2 Å². The molecule has 3 heterocycles. The molecule has 0 bridgehead atoms. The molecule has 238 valence electrons. The molecule has 0 radical (unpaired) electrons. The summed E-state index contributed by atoms with van der Waals surface area (Å²) < 4.78 is 189. The maximum atomic E-state index is 9.20. The molecule has 0 atom stereocenters. The summed E-state index contributed by atoms with van der Waals surface area (Å²) in [6.07, 6.45) is 0. The first-order chi connectivity index (χ1) is 34.0. The summed E-state index contributed by atoms with van der Waals surface area (Å²) in [5, 5.41) is 0.469. The molecule has 0 spiro atoms. The summed E-state index contributed by atoms with van der Waals surface area (Å²) in [6.45, 7) is 0. The van der Waals surface area contributed by atoms with Crippen LogP contribution in [-0.2, 0) is 0 Å². The summed E-state index contributed by atoms with van der Waals surface area (Å²) in [5.41, 5.74) is 0.624. The van der Waals surface area contributed by atoms with E-state index in [0.29, 0.717) is 21.8 Å². The summed E-state index contributed by atoms with van der Waals surface area (Å²) >= 11 is 0. The van der Waals surface area contributed by atoms with Crippen molar-refractivity contribution in [3.63, 3.8) is 0 Å². The van der Waals surface area contributed by atoms with E-state index in [2.05, 4.69) is 0 Å². The fourth-order valence-corrected chi connectivity index (χ4v) is 7.13. The molecule has 0 fully saturated rings. The molecule has 0 saturated carbocycles. The first-order valence-electron chi connectivity index (χ1n) is 26.3. The van der Waals surface area contributed by atoms with Gasteiger partial charge in [0.2, 0.25) is 0 Å². The summed E-state index contributed by atoms with van der Waals surface area (Å²) in [5.74, 6) is 0. The fourth-order valence-electron chi connectivity index (χ4n) is 7.13. The van der Waals surface area contributed by atoms with Crippen molar-refractivity contribution in [3.05, 3.63) is 188 Å². The van der Waals surface area contributed by atoms with Gasteiger partial charge in [-0.15, -0.1) is 0 Å². The van der Waals surface area contributed by atoms with Crippen molar-refractivity contribution < 1.29 is 28.8 Å². The van der Waals surface area contributed by atoms with E-state index < -0.39 is 127 Å². The van der Waals surface area contributed by atoms with Crippen LogP contribution in [0.1, 0.15) is 28.8 Å². The Morgan fingerprint density at radius 2 is 0.745 bits per heavy atom. The number of benzene rings is 8. The highest BCUT2D eigenvalue weighted by Gasteiger charge is 2.19. The summed E-state index contributed by atoms with van der Waals surface area (Å²) in [6, 6.07) is 4.15. The maximum Gasteiger partial charge on any atom is 0.0645 e. The SMILES string of the molecule is [2H]c1c([2H])c([2H])c(-c2cc(-n3c4ccccc4c4cc(-n5c6c([2H])c([2H])c([2H])c([2H])c6c6c([2H])c([2H])c([2H])c([2H])c65)ccc43)cc(-n3c4c([2H])c([2H])c([2H])c([2H])c4c4c([2H])c([2H])c([2H])c([2H])c43)c2)c([2H])c1[2H]. The minimum Gasteiger partial charge on any atom is -0.309 e. The van der Waals surface area contributed by atoms with Crippen molar-refractivity contribution in [2.24, 2.45) is 0 Å². The lowest BCUT2D eigenvalue weighted by Gasteiger charge is -2.16. The minimum atomic E-state index is -0.665. The zero-order valence-corrected chi connectivity index (χ0v) is 26.1. The average Bonchev–Trinajstić information content (AvgIpc) is 4.04. The van der Waals surface area contributed by atoms with Crippen LogP contribution in [0.25, 0.3) is 93.6 Å². The van der Waals surface area contributed by atoms with Gasteiger partial charge >= 0.3 is 0 Å². The summed E-state index contributed by atoms with van der Waals surface area (Å²) in [7, 11) is 0. The molecule has 0 unspecified atom stereocenters. The Morgan fingerprint density at radius 1 is 0.294 bits per heavy atom. The fraction of sp³-hybridized carbons (Fsp3) is 0. The van der Waals surface area contributed by atoms with Gasteiger partial charge < -0.3 is 13.7 Å². The Hall–Kier alpha value is -6.84. The van der Waals surface area contributed by atoms with Crippen LogP contribution in [0.5, 0.6) is 0 Å². The molecule has 11 rings (SSSR count). The third-order valence-electron chi connectivity index (χ3n) is 9.19. The number of hydrogen-bond donors (Lipinski definition) is 0. The van der Waals surface area contributed by atoms with Crippen LogP contribution in [0.4, 0.5) is 0 Å². The molecule has 0 aliphatic heterocycles. The molecule has 51 heavy (non-hydrogen) atoms. The Labute approximate surface area is 324 Å². The Bertz CT molecular complexity index is 4170. The van der Waals surface area contributed by atoms with Gasteiger partial charge in [-0.1, -0.05) is 121 Å². The molecule has 3 nitrogen and oxygen atoms in total. The van der Waals surface area contributed by atoms with Crippen molar-refractivity contribution in [1.29, 1.82) is 0 Å². The summed E-state index contributed by atoms with van der Waals surface area (Å²) in [4.78, 5) is 0. The molecule has 0 aliphatic carbocycles. The number of nitrogens with zero attached hydrogens (tertiary/aromatic N) is 3. The quantitative estimate of drug-likeness (QED) is 0.177. The van der Waals surface area contributed by atoms with Crippen molar-refractivity contribution >= 4 is 65.4 Å². The number of hydrogen-bond acceptors (Lipinski definition) is 0. The monoisotopic (exact) mass is 670 g/mol. The molecule has 11 aromatic rings. The Kier molecular flexibility index (Phi) is 3.09. The van der Waals surface area contributed by atoms with Crippen LogP contribution in [0.15, 0.2) is 188 Å². The highest BCUT2D eigenvalue weighted by atomic mass is 15.0. The molecule has 0 amide bonds. The third-order valence-corrected chi connectivity index (χ3v) is 9.19. The lowest BCUT2D eigenvalue weighted by Crippen LogP contribution is -2.00. The maximum absolute atomic E-state index is 9.20. The van der Waals surface area contributed by atoms with E-state index in [1.165, 1.54) is 15.2 Å². The van der Waals surface area contributed by atoms with Crippen molar-refractivity contribution in [2.75, 3.05) is 0 Å². The van der Waals surface area contributed by atoms with Crippen LogP contribution in [0.2, 0.25) is 0 Å². The third kappa shape index (κ3) is 4.12. The van der Waals surface area contributed by atoms with Gasteiger partial charge in [0.1, 0.15) is 0 Å². The number of para-hydroxylation sites is 5. The molecule has 3 aromatic heterocycles. The molecule has 3 heteroatoms. The van der Waals surface area contributed by atoms with Gasteiger partial charge in [0.25, 0.3) is 0 Å². The van der Waals surface area contributed by atoms with Crippen LogP contribution in [-0.4, -0.2) is 13.7 Å². The minimum absolute atomic E-state index is 0.0143. The van der Waals surface area contributed by atoms with Gasteiger partial charge in [-0.25, -0.2) is 0 Å². The van der Waals surface area contributed by atoms with E-state index in [-0.39, 0.29) is 71.8 Å². The van der Waals surface area contributed by atoms with E-state index in [4.69, 9.17) is 26.0 Å². The zero-order valence-electron chi connectivity index (χ0n) is 47.1. The van der Waals surface area contributed by atoms with Gasteiger partial charge in [0.05, 0.1) is 61.9 Å². The standard InChI is InChI=1S/C48H31N3/c1-2-14-32(15-3-1)33-28-35(50-45-23-11-6-18-39(45)40-19-7-12-24-46(40)50)30-36(29-33)51-47-25-13-8-20-41(47)42-31-34(26-27-48(42)51)49-43-21-9-4-16-37(43)38-17-5-10-22-44(38)49/h1-31H/i1D,2D,3D,4D,5D,6D,7D,9D,10D,11D,12D,14D,15D,16D,17D,18D,19D,21D,22D,23D,24D. The highest BCUT2D eigenvalue weighted by molar-refractivity contribution is 6.13. The molecular formula is C48H31N3. The predicted molar refractivity (Wildman–Crippen MR) is 215 cm³/mol. The molecular weight excluding hydrogens is 619 g/mol. The number of fused-ring (bicyclic) bond motifs is 9. The first kappa shape index (κ1) is 14.6. The molecule has 0 aliphatic rings. The van der Waals surface area contributed by atoms with Crippen molar-refractivity contribution in [3.8, 4) is 28.2 Å². The Morgan fingerprint density at radius 3 is 1.31 bits per heavy atom. The Balaban J connectivity index is 1.30. The molecule has 0 saturated heterocycles. The second-order valence-electron chi connectivity index (χ2n) is 11.9. The predicted octanol–water partition coefficient (Wildman–Crippen LogP) is 12.6. The van der Waals surface area contributed by atoms with Crippen molar-refractivity contribution in [2.45, 2.75) is 0 Å². The lowest BCUT2D eigenvalue weighted by molar-refractivity contribution is 1.13. The van der Waals surface area contributed by atoms with Crippen LogP contribution in [0, 0.1) is 0 Å². The van der Waals surface area contributed by atoms with Crippen LogP contribution >= 0.6 is 0 Å². The molecule has 8 aromatic carbocycles. The van der Waals surface area contributed by atoms with Crippen LogP contribution in [0.3, 0.4) is 0 Å². The van der Waals surface area contributed by atoms with E-state index in [1.807, 2.05) is 0 Å². The van der Waals surface area contributed by atoms with Gasteiger partial charge in [-0.05, 0) is 77.8 Å². The van der Waals surface area contributed by atoms with E-state index in [0.717, 1.165) is 0 Å². The number of rotatable bonds is 4. The van der Waals surface area contributed by atoms with Gasteiger partial charge in [-0.3, -0.25) is 0 Å². The van der Waals surface area contributed by atoms with Gasteiger partial charge in [-0.2, -0.15) is 0 Å². The van der Waals surface area contributed by atoms with Gasteiger partial charge in [0.15, 0.2) is 0 Å². The van der Waals surface area contributed by atoms with Crippen molar-refractivity contribution in [1.82, 2.24) is 13.7 Å². The smallest absolute Gasteiger partial charge is 0.0645 e. The van der Waals surface area contributed by atoms with E-state index >= 15 is 0 Å². The number of aromatic nitrogens is 3. The second kappa shape index (κ2) is 10.8. The van der Waals surface area contributed by atoms with Gasteiger partial charge in [0, 0.05) is 49.4 Å². The second-order valence-corrected chi connectivity index (χ2v) is 11.9. The van der Waals surface area contributed by atoms with Crippen LogP contribution < -0.4 is 0 Å². The van der Waals surface area contributed by atoms with E-state index in [9.17, 15) is 2.74 Å². The first-order valence-corrected chi connectivity index (χ1v) is 15.8. The zero-order chi connectivity index (χ0) is 51.7. The normalized spacial score (nSPS) is 17.7. The topological polar surface area (TPSA) is 14.8 Å².